The van der Waals surface area contributed by atoms with Gasteiger partial charge >= 0.3 is 0 Å². The molecule has 1 amide bonds. The lowest BCUT2D eigenvalue weighted by molar-refractivity contribution is 0.102. The molecular weight excluding hydrogens is 310 g/mol. The van der Waals surface area contributed by atoms with Crippen LogP contribution in [0.3, 0.4) is 0 Å². The first-order valence-electron chi connectivity index (χ1n) is 6.21. The molecule has 0 radical (unpaired) electrons. The second-order valence-electron chi connectivity index (χ2n) is 4.34. The molecule has 0 aliphatic carbocycles. The number of benzene rings is 2. The molecule has 0 heterocycles. The molecule has 0 fully saturated rings. The Morgan fingerprint density at radius 2 is 1.73 bits per heavy atom. The Kier molecular flexibility index (Phi) is 4.62. The summed E-state index contributed by atoms with van der Waals surface area (Å²) in [6.07, 6.45) is 0. The maximum absolute atomic E-state index is 12.2. The summed E-state index contributed by atoms with van der Waals surface area (Å²) >= 11 is 5.99. The van der Waals surface area contributed by atoms with Gasteiger partial charge in [-0.2, -0.15) is 0 Å². The fraction of sp³-hybridized carbons (Fsp3) is 0.133. The highest BCUT2D eigenvalue weighted by atomic mass is 35.5. The number of carbonyl (C=O) groups excluding carboxylic acids is 1. The van der Waals surface area contributed by atoms with Gasteiger partial charge in [0.05, 0.1) is 24.9 Å². The predicted octanol–water partition coefficient (Wildman–Crippen LogP) is 3.02. The molecule has 7 heteroatoms. The van der Waals surface area contributed by atoms with Gasteiger partial charge in [0.25, 0.3) is 5.91 Å². The van der Waals surface area contributed by atoms with Gasteiger partial charge in [0.1, 0.15) is 11.5 Å². The number of ether oxygens (including phenoxy) is 2. The van der Waals surface area contributed by atoms with Crippen LogP contribution in [0.25, 0.3) is 0 Å². The monoisotopic (exact) mass is 323 g/mol. The highest BCUT2D eigenvalue weighted by Gasteiger charge is 2.14. The van der Waals surface area contributed by atoms with E-state index >= 15 is 0 Å². The van der Waals surface area contributed by atoms with Crippen LogP contribution in [-0.2, 0) is 0 Å². The Morgan fingerprint density at radius 3 is 2.32 bits per heavy atom. The molecule has 0 spiro atoms. The van der Waals surface area contributed by atoms with Crippen molar-refractivity contribution in [3.05, 3.63) is 40.9 Å². The van der Waals surface area contributed by atoms with Crippen molar-refractivity contribution < 1.29 is 24.5 Å². The van der Waals surface area contributed by atoms with Crippen LogP contribution < -0.4 is 14.8 Å². The standard InChI is InChI=1S/C15H14ClNO5/c1-21-13-7-10(14(22-2)6-9(13)16)17-15(20)8-3-4-11(18)12(19)5-8/h3-7,18-19H,1-2H3,(H,17,20). The van der Waals surface area contributed by atoms with Crippen LogP contribution in [0.4, 0.5) is 5.69 Å². The number of hydrogen-bond acceptors (Lipinski definition) is 5. The summed E-state index contributed by atoms with van der Waals surface area (Å²) in [5.74, 6) is -0.429. The van der Waals surface area contributed by atoms with Gasteiger partial charge in [-0.3, -0.25) is 4.79 Å². The first-order chi connectivity index (χ1) is 10.5. The number of rotatable bonds is 4. The minimum absolute atomic E-state index is 0.172. The third kappa shape index (κ3) is 3.17. The van der Waals surface area contributed by atoms with Crippen molar-refractivity contribution in [1.82, 2.24) is 0 Å². The lowest BCUT2D eigenvalue weighted by Crippen LogP contribution is -2.12. The van der Waals surface area contributed by atoms with Crippen molar-refractivity contribution in [1.29, 1.82) is 0 Å². The molecule has 22 heavy (non-hydrogen) atoms. The van der Waals surface area contributed by atoms with Crippen molar-refractivity contribution >= 4 is 23.2 Å². The number of nitrogens with one attached hydrogen (secondary N) is 1. The van der Waals surface area contributed by atoms with E-state index in [1.54, 1.807) is 0 Å². The highest BCUT2D eigenvalue weighted by Crippen LogP contribution is 2.36. The predicted molar refractivity (Wildman–Crippen MR) is 82.3 cm³/mol. The number of phenolic OH excluding ortho intramolecular Hbond substituents is 2. The van der Waals surface area contributed by atoms with Gasteiger partial charge in [-0.15, -0.1) is 0 Å². The van der Waals surface area contributed by atoms with E-state index < -0.39 is 5.91 Å². The van der Waals surface area contributed by atoms with Crippen molar-refractivity contribution in [3.63, 3.8) is 0 Å². The maximum Gasteiger partial charge on any atom is 0.255 e. The molecule has 0 aliphatic heterocycles. The number of methoxy groups -OCH3 is 2. The molecule has 6 nitrogen and oxygen atoms in total. The number of phenols is 2. The number of amides is 1. The summed E-state index contributed by atoms with van der Waals surface area (Å²) < 4.78 is 10.3. The molecule has 0 saturated heterocycles. The van der Waals surface area contributed by atoms with Crippen LogP contribution >= 0.6 is 11.6 Å². The van der Waals surface area contributed by atoms with Crippen LogP contribution in [0, 0.1) is 0 Å². The Balaban J connectivity index is 2.32. The minimum atomic E-state index is -0.488. The van der Waals surface area contributed by atoms with E-state index in [2.05, 4.69) is 5.32 Å². The first-order valence-corrected chi connectivity index (χ1v) is 6.59. The molecule has 0 saturated carbocycles. The van der Waals surface area contributed by atoms with Crippen LogP contribution in [0.15, 0.2) is 30.3 Å². The zero-order valence-corrected chi connectivity index (χ0v) is 12.6. The number of carbonyl (C=O) groups is 1. The van der Waals surface area contributed by atoms with E-state index in [4.69, 9.17) is 21.1 Å². The van der Waals surface area contributed by atoms with Crippen molar-refractivity contribution in [3.8, 4) is 23.0 Å². The van der Waals surface area contributed by atoms with Gasteiger partial charge in [0, 0.05) is 17.7 Å². The first kappa shape index (κ1) is 15.8. The van der Waals surface area contributed by atoms with Gasteiger partial charge in [0.2, 0.25) is 0 Å². The van der Waals surface area contributed by atoms with E-state index in [-0.39, 0.29) is 17.1 Å². The molecule has 0 bridgehead atoms. The second kappa shape index (κ2) is 6.44. The van der Waals surface area contributed by atoms with Gasteiger partial charge < -0.3 is 25.0 Å². The number of anilines is 1. The minimum Gasteiger partial charge on any atom is -0.504 e. The number of hydrogen-bond donors (Lipinski definition) is 3. The third-order valence-corrected chi connectivity index (χ3v) is 3.26. The molecular formula is C15H14ClNO5. The summed E-state index contributed by atoms with van der Waals surface area (Å²) in [4.78, 5) is 12.2. The summed E-state index contributed by atoms with van der Waals surface area (Å²) in [6.45, 7) is 0. The zero-order chi connectivity index (χ0) is 16.3. The van der Waals surface area contributed by atoms with Crippen LogP contribution in [0.1, 0.15) is 10.4 Å². The Morgan fingerprint density at radius 1 is 1.05 bits per heavy atom. The van der Waals surface area contributed by atoms with Crippen molar-refractivity contribution in [2.75, 3.05) is 19.5 Å². The van der Waals surface area contributed by atoms with E-state index in [1.807, 2.05) is 0 Å². The van der Waals surface area contributed by atoms with Crippen LogP contribution in [0.5, 0.6) is 23.0 Å². The average molecular weight is 324 g/mol. The number of halogens is 1. The lowest BCUT2D eigenvalue weighted by Gasteiger charge is -2.13. The molecule has 0 aliphatic rings. The fourth-order valence-electron chi connectivity index (χ4n) is 1.82. The lowest BCUT2D eigenvalue weighted by atomic mass is 10.1. The normalized spacial score (nSPS) is 10.1. The summed E-state index contributed by atoms with van der Waals surface area (Å²) in [6, 6.07) is 6.81. The van der Waals surface area contributed by atoms with Gasteiger partial charge in [-0.25, -0.2) is 0 Å². The molecule has 0 unspecified atom stereocenters. The summed E-state index contributed by atoms with van der Waals surface area (Å²) in [5, 5.41) is 21.7. The quantitative estimate of drug-likeness (QED) is 0.753. The Hall–Kier alpha value is -2.60. The van der Waals surface area contributed by atoms with Crippen LogP contribution in [0.2, 0.25) is 5.02 Å². The third-order valence-electron chi connectivity index (χ3n) is 2.96. The molecule has 116 valence electrons. The molecule has 3 N–H and O–H groups in total. The van der Waals surface area contributed by atoms with E-state index in [1.165, 1.54) is 38.5 Å². The van der Waals surface area contributed by atoms with Gasteiger partial charge in [-0.05, 0) is 18.2 Å². The summed E-state index contributed by atoms with van der Waals surface area (Å²) in [5.41, 5.74) is 0.535. The molecule has 2 rings (SSSR count). The summed E-state index contributed by atoms with van der Waals surface area (Å²) in [7, 11) is 2.90. The zero-order valence-electron chi connectivity index (χ0n) is 11.9. The van der Waals surface area contributed by atoms with Crippen molar-refractivity contribution in [2.45, 2.75) is 0 Å². The van der Waals surface area contributed by atoms with Crippen LogP contribution in [-0.4, -0.2) is 30.3 Å². The van der Waals surface area contributed by atoms with Crippen molar-refractivity contribution in [2.24, 2.45) is 0 Å². The second-order valence-corrected chi connectivity index (χ2v) is 4.75. The maximum atomic E-state index is 12.2. The fourth-order valence-corrected chi connectivity index (χ4v) is 2.05. The molecule has 2 aromatic rings. The Labute approximate surface area is 131 Å². The molecule has 0 aromatic heterocycles. The highest BCUT2D eigenvalue weighted by molar-refractivity contribution is 6.32. The van der Waals surface area contributed by atoms with E-state index in [9.17, 15) is 15.0 Å². The largest absolute Gasteiger partial charge is 0.504 e. The topological polar surface area (TPSA) is 88.0 Å². The van der Waals surface area contributed by atoms with Gasteiger partial charge in [-0.1, -0.05) is 11.6 Å². The SMILES string of the molecule is COc1cc(NC(=O)c2ccc(O)c(O)c2)c(OC)cc1Cl. The van der Waals surface area contributed by atoms with E-state index in [0.29, 0.717) is 22.2 Å². The van der Waals surface area contributed by atoms with E-state index in [0.717, 1.165) is 6.07 Å². The smallest absolute Gasteiger partial charge is 0.255 e. The number of aromatic hydroxyl groups is 2. The average Bonchev–Trinajstić information content (AvgIpc) is 2.51. The molecule has 0 atom stereocenters. The van der Waals surface area contributed by atoms with Gasteiger partial charge in [0.15, 0.2) is 11.5 Å². The molecule has 2 aromatic carbocycles. The Bertz CT molecular complexity index is 717.